The number of para-hydroxylation sites is 2. The summed E-state index contributed by atoms with van der Waals surface area (Å²) in [4.78, 5) is 2.50. The van der Waals surface area contributed by atoms with Crippen molar-refractivity contribution in [2.75, 3.05) is 4.90 Å². The first-order valence-electron chi connectivity index (χ1n) is 23.1. The predicted molar refractivity (Wildman–Crippen MR) is 280 cm³/mol. The van der Waals surface area contributed by atoms with E-state index in [0.717, 1.165) is 55.7 Å². The van der Waals surface area contributed by atoms with Crippen LogP contribution in [0.2, 0.25) is 0 Å². The molecule has 0 spiro atoms. The highest BCUT2D eigenvalue weighted by Crippen LogP contribution is 2.63. The zero-order valence-electron chi connectivity index (χ0n) is 36.7. The van der Waals surface area contributed by atoms with Crippen LogP contribution in [0.25, 0.3) is 77.2 Å². The topological polar surface area (TPSA) is 16.4 Å². The van der Waals surface area contributed by atoms with Gasteiger partial charge in [0.25, 0.3) is 0 Å². The van der Waals surface area contributed by atoms with Gasteiger partial charge in [-0.3, -0.25) is 0 Å². The number of hydrogen-bond acceptors (Lipinski definition) is 2. The summed E-state index contributed by atoms with van der Waals surface area (Å²) in [5, 5.41) is 4.64. The van der Waals surface area contributed by atoms with Gasteiger partial charge in [0.1, 0.15) is 11.2 Å². The van der Waals surface area contributed by atoms with Crippen molar-refractivity contribution in [3.8, 4) is 44.5 Å². The summed E-state index contributed by atoms with van der Waals surface area (Å²) in [6.07, 6.45) is 0. The van der Waals surface area contributed by atoms with Gasteiger partial charge in [0.05, 0.1) is 11.1 Å². The Morgan fingerprint density at radius 1 is 0.313 bits per heavy atom. The summed E-state index contributed by atoms with van der Waals surface area (Å²) in [5.74, 6) is 0. The fourth-order valence-electron chi connectivity index (χ4n) is 11.1. The summed E-state index contributed by atoms with van der Waals surface area (Å²) in [6, 6.07) is 95.2. The number of anilines is 3. The van der Waals surface area contributed by atoms with E-state index in [2.05, 4.69) is 260 Å². The molecular formula is C65H43NO. The maximum Gasteiger partial charge on any atom is 0.143 e. The molecule has 0 N–H and O–H groups in total. The van der Waals surface area contributed by atoms with E-state index in [9.17, 15) is 0 Å². The summed E-state index contributed by atoms with van der Waals surface area (Å²) in [5.41, 5.74) is 18.9. The van der Waals surface area contributed by atoms with E-state index >= 15 is 0 Å². The average molecular weight is 854 g/mol. The highest BCUT2D eigenvalue weighted by Gasteiger charge is 2.49. The third kappa shape index (κ3) is 6.04. The van der Waals surface area contributed by atoms with Gasteiger partial charge >= 0.3 is 0 Å². The van der Waals surface area contributed by atoms with Crippen LogP contribution in [-0.4, -0.2) is 0 Å². The van der Waals surface area contributed by atoms with Gasteiger partial charge in [0, 0.05) is 38.7 Å². The summed E-state index contributed by atoms with van der Waals surface area (Å²) in [7, 11) is 0. The van der Waals surface area contributed by atoms with Crippen molar-refractivity contribution >= 4 is 49.8 Å². The van der Waals surface area contributed by atoms with Crippen LogP contribution in [0.5, 0.6) is 0 Å². The van der Waals surface area contributed by atoms with Crippen LogP contribution in [0.3, 0.4) is 0 Å². The Kier molecular flexibility index (Phi) is 9.11. The minimum atomic E-state index is -0.600. The maximum atomic E-state index is 6.56. The molecule has 314 valence electrons. The van der Waals surface area contributed by atoms with Crippen LogP contribution in [0.4, 0.5) is 17.1 Å². The van der Waals surface area contributed by atoms with Gasteiger partial charge in [0.2, 0.25) is 0 Å². The minimum Gasteiger partial charge on any atom is -0.455 e. The lowest BCUT2D eigenvalue weighted by Crippen LogP contribution is -2.29. The largest absolute Gasteiger partial charge is 0.455 e. The third-order valence-electron chi connectivity index (χ3n) is 13.9. The normalized spacial score (nSPS) is 12.6. The molecule has 0 bridgehead atoms. The van der Waals surface area contributed by atoms with Crippen molar-refractivity contribution in [2.45, 2.75) is 5.41 Å². The molecule has 2 heteroatoms. The fraction of sp³-hybridized carbons (Fsp3) is 0.0154. The van der Waals surface area contributed by atoms with Gasteiger partial charge in [-0.05, 0) is 91.4 Å². The summed E-state index contributed by atoms with van der Waals surface area (Å²) < 4.78 is 6.56. The van der Waals surface area contributed by atoms with E-state index in [1.807, 2.05) is 6.07 Å². The first-order chi connectivity index (χ1) is 33.3. The molecule has 1 heterocycles. The maximum absolute atomic E-state index is 6.56. The predicted octanol–water partition coefficient (Wildman–Crippen LogP) is 17.6. The molecule has 0 saturated carbocycles. The van der Waals surface area contributed by atoms with Gasteiger partial charge in [-0.15, -0.1) is 0 Å². The van der Waals surface area contributed by atoms with Crippen LogP contribution in [0.1, 0.15) is 22.3 Å². The molecule has 1 aliphatic rings. The molecule has 1 aliphatic carbocycles. The molecule has 67 heavy (non-hydrogen) atoms. The number of rotatable bonds is 8. The highest BCUT2D eigenvalue weighted by molar-refractivity contribution is 6.17. The van der Waals surface area contributed by atoms with Gasteiger partial charge in [-0.2, -0.15) is 0 Å². The van der Waals surface area contributed by atoms with Gasteiger partial charge in [0.15, 0.2) is 0 Å². The van der Waals surface area contributed by atoms with Crippen molar-refractivity contribution < 1.29 is 4.42 Å². The molecular weight excluding hydrogens is 811 g/mol. The lowest BCUT2D eigenvalue weighted by atomic mass is 9.66. The van der Waals surface area contributed by atoms with E-state index in [1.165, 1.54) is 60.8 Å². The number of benzene rings is 11. The molecule has 11 aromatic carbocycles. The van der Waals surface area contributed by atoms with Crippen molar-refractivity contribution in [3.63, 3.8) is 0 Å². The molecule has 12 aromatic rings. The Morgan fingerprint density at radius 3 is 1.45 bits per heavy atom. The first-order valence-corrected chi connectivity index (χ1v) is 23.1. The van der Waals surface area contributed by atoms with Crippen molar-refractivity contribution in [1.82, 2.24) is 0 Å². The lowest BCUT2D eigenvalue weighted by molar-refractivity contribution is 0.670. The van der Waals surface area contributed by atoms with E-state index in [4.69, 9.17) is 4.42 Å². The standard InChI is InChI=1S/C65H43NO/c1-5-20-44(21-6-1)45-36-40-50(41-37-45)66(51-42-38-46(39-43-51)52-32-19-33-56-53-28-16-18-35-59(53)67-64(52)56)63-55-30-14-13-29-54(55)62-61(60(63)47-22-7-2-8-23-47)57-31-15-17-34-58(57)65(62,48-24-9-3-10-25-48)49-26-11-4-12-27-49/h1-43H. The third-order valence-corrected chi connectivity index (χ3v) is 13.9. The first kappa shape index (κ1) is 38.7. The molecule has 0 fully saturated rings. The van der Waals surface area contributed by atoms with E-state index in [1.54, 1.807) is 0 Å². The van der Waals surface area contributed by atoms with Gasteiger partial charge < -0.3 is 9.32 Å². The van der Waals surface area contributed by atoms with Gasteiger partial charge in [-0.25, -0.2) is 0 Å². The Balaban J connectivity index is 1.13. The molecule has 0 saturated heterocycles. The Labute approximate surface area is 390 Å². The fourth-order valence-corrected chi connectivity index (χ4v) is 11.1. The SMILES string of the molecule is c1ccc(-c2ccc(N(c3ccc(-c4cccc5c4oc4ccccc45)cc3)c3c(-c4ccccc4)c4c(c5ccccc35)C(c3ccccc3)(c3ccccc3)c3ccccc3-4)cc2)cc1. The minimum absolute atomic E-state index is 0.600. The molecule has 0 atom stereocenters. The second-order valence-corrected chi connectivity index (χ2v) is 17.5. The molecule has 13 rings (SSSR count). The van der Waals surface area contributed by atoms with E-state index < -0.39 is 5.41 Å². The zero-order chi connectivity index (χ0) is 44.3. The zero-order valence-corrected chi connectivity index (χ0v) is 36.7. The van der Waals surface area contributed by atoms with Crippen LogP contribution in [-0.2, 0) is 5.41 Å². The van der Waals surface area contributed by atoms with E-state index in [-0.39, 0.29) is 0 Å². The number of hydrogen-bond donors (Lipinski definition) is 0. The van der Waals surface area contributed by atoms with Crippen molar-refractivity contribution in [2.24, 2.45) is 0 Å². The quantitative estimate of drug-likeness (QED) is 0.151. The molecule has 0 amide bonds. The average Bonchev–Trinajstić information content (AvgIpc) is 3.95. The van der Waals surface area contributed by atoms with Crippen LogP contribution >= 0.6 is 0 Å². The number of nitrogens with zero attached hydrogens (tertiary/aromatic N) is 1. The van der Waals surface area contributed by atoms with Crippen LogP contribution in [0.15, 0.2) is 265 Å². The summed E-state index contributed by atoms with van der Waals surface area (Å²) >= 11 is 0. The Bertz CT molecular complexity index is 3720. The number of furan rings is 1. The van der Waals surface area contributed by atoms with Crippen molar-refractivity contribution in [3.05, 3.63) is 283 Å². The monoisotopic (exact) mass is 853 g/mol. The Morgan fingerprint density at radius 2 is 0.791 bits per heavy atom. The second-order valence-electron chi connectivity index (χ2n) is 17.5. The molecule has 0 unspecified atom stereocenters. The summed E-state index contributed by atoms with van der Waals surface area (Å²) in [6.45, 7) is 0. The highest BCUT2D eigenvalue weighted by atomic mass is 16.3. The van der Waals surface area contributed by atoms with Gasteiger partial charge in [-0.1, -0.05) is 231 Å². The molecule has 0 radical (unpaired) electrons. The number of fused-ring (bicyclic) bond motifs is 8. The lowest BCUT2D eigenvalue weighted by Gasteiger charge is -2.36. The Hall–Kier alpha value is -8.72. The molecule has 0 aliphatic heterocycles. The second kappa shape index (κ2) is 15.8. The molecule has 2 nitrogen and oxygen atoms in total. The van der Waals surface area contributed by atoms with E-state index in [0.29, 0.717) is 0 Å². The molecule has 1 aromatic heterocycles. The smallest absolute Gasteiger partial charge is 0.143 e. The van der Waals surface area contributed by atoms with Crippen molar-refractivity contribution in [1.29, 1.82) is 0 Å². The van der Waals surface area contributed by atoms with Crippen LogP contribution < -0.4 is 4.90 Å². The van der Waals surface area contributed by atoms with Crippen LogP contribution in [0, 0.1) is 0 Å².